The van der Waals surface area contributed by atoms with Crippen LogP contribution in [0.5, 0.6) is 0 Å². The average Bonchev–Trinajstić information content (AvgIpc) is 2.30. The Balaban J connectivity index is 2.05. The molecule has 92 valence electrons. The van der Waals surface area contributed by atoms with Gasteiger partial charge in [0.15, 0.2) is 0 Å². The van der Waals surface area contributed by atoms with Crippen molar-refractivity contribution >= 4 is 51.0 Å². The molecule has 0 saturated heterocycles. The van der Waals surface area contributed by atoms with Gasteiger partial charge < -0.3 is 0 Å². The first-order chi connectivity index (χ1) is 8.63. The summed E-state index contributed by atoms with van der Waals surface area (Å²) < 4.78 is 1.02. The molecule has 0 bridgehead atoms. The number of benzene rings is 1. The van der Waals surface area contributed by atoms with Gasteiger partial charge in [0.1, 0.15) is 10.3 Å². The first-order valence-corrected chi connectivity index (χ1v) is 6.56. The Morgan fingerprint density at radius 2 is 1.72 bits per heavy atom. The van der Waals surface area contributed by atoms with Crippen LogP contribution in [0.15, 0.2) is 46.0 Å². The second-order valence-corrected chi connectivity index (χ2v) is 5.11. The van der Waals surface area contributed by atoms with Crippen molar-refractivity contribution in [2.24, 2.45) is 5.10 Å². The molecule has 1 N–H and O–H groups in total. The lowest BCUT2D eigenvalue weighted by molar-refractivity contribution is 1.31. The number of hydrogen-bond donors (Lipinski definition) is 1. The van der Waals surface area contributed by atoms with Gasteiger partial charge in [0.2, 0.25) is 0 Å². The molecule has 0 aliphatic carbocycles. The molecule has 0 aliphatic rings. The number of halogens is 3. The van der Waals surface area contributed by atoms with Gasteiger partial charge in [-0.05, 0) is 36.4 Å². The van der Waals surface area contributed by atoms with E-state index in [1.165, 1.54) is 0 Å². The second-order valence-electron chi connectivity index (χ2n) is 3.42. The van der Waals surface area contributed by atoms with Crippen molar-refractivity contribution in [3.8, 4) is 0 Å². The van der Waals surface area contributed by atoms with Gasteiger partial charge in [-0.1, -0.05) is 39.1 Å². The Hall–Kier alpha value is -1.10. The fourth-order valence-electron chi connectivity index (χ4n) is 1.26. The Morgan fingerprint density at radius 1 is 1.11 bits per heavy atom. The van der Waals surface area contributed by atoms with Crippen molar-refractivity contribution in [3.63, 3.8) is 0 Å². The predicted octanol–water partition coefficient (Wildman–Crippen LogP) is 4.60. The number of nitrogens with one attached hydrogen (secondary N) is 1. The molecule has 0 spiro atoms. The second kappa shape index (κ2) is 6.18. The molecule has 0 unspecified atom stereocenters. The largest absolute Gasteiger partial charge is 0.279 e. The van der Waals surface area contributed by atoms with Crippen LogP contribution in [-0.4, -0.2) is 11.2 Å². The highest BCUT2D eigenvalue weighted by Gasteiger charge is 1.96. The molecule has 18 heavy (non-hydrogen) atoms. The van der Waals surface area contributed by atoms with Gasteiger partial charge in [0.05, 0.1) is 11.9 Å². The topological polar surface area (TPSA) is 37.3 Å². The van der Waals surface area contributed by atoms with Crippen LogP contribution in [0.1, 0.15) is 5.56 Å². The number of anilines is 1. The number of nitrogens with zero attached hydrogens (tertiary/aromatic N) is 2. The van der Waals surface area contributed by atoms with Crippen LogP contribution in [0.25, 0.3) is 0 Å². The normalized spacial score (nSPS) is 10.8. The van der Waals surface area contributed by atoms with Crippen molar-refractivity contribution in [2.45, 2.75) is 0 Å². The molecule has 1 heterocycles. The van der Waals surface area contributed by atoms with Gasteiger partial charge in [-0.25, -0.2) is 4.98 Å². The minimum Gasteiger partial charge on any atom is -0.279 e. The fraction of sp³-hybridized carbons (Fsp3) is 0. The summed E-state index contributed by atoms with van der Waals surface area (Å²) in [5.74, 6) is 0. The third kappa shape index (κ3) is 3.98. The summed E-state index contributed by atoms with van der Waals surface area (Å²) in [5.41, 5.74) is 4.57. The summed E-state index contributed by atoms with van der Waals surface area (Å²) in [6.45, 7) is 0. The minimum atomic E-state index is 0.340. The van der Waals surface area contributed by atoms with Crippen LogP contribution in [0.2, 0.25) is 10.3 Å². The molecule has 0 amide bonds. The summed E-state index contributed by atoms with van der Waals surface area (Å²) in [6, 6.07) is 11.0. The Labute approximate surface area is 123 Å². The molecule has 2 aromatic rings. The van der Waals surface area contributed by atoms with E-state index in [9.17, 15) is 0 Å². The summed E-state index contributed by atoms with van der Waals surface area (Å²) >= 11 is 14.9. The van der Waals surface area contributed by atoms with E-state index in [0.717, 1.165) is 15.7 Å². The summed E-state index contributed by atoms with van der Waals surface area (Å²) in [5, 5.41) is 4.77. The third-order valence-electron chi connectivity index (χ3n) is 2.04. The zero-order chi connectivity index (χ0) is 13.0. The molecular weight excluding hydrogens is 337 g/mol. The molecule has 0 aliphatic heterocycles. The quantitative estimate of drug-likeness (QED) is 0.502. The van der Waals surface area contributed by atoms with Gasteiger partial charge in [-0.2, -0.15) is 5.10 Å². The lowest BCUT2D eigenvalue weighted by Gasteiger charge is -2.00. The van der Waals surface area contributed by atoms with E-state index in [0.29, 0.717) is 10.3 Å². The molecule has 1 aromatic carbocycles. The van der Waals surface area contributed by atoms with E-state index in [2.05, 4.69) is 31.4 Å². The first kappa shape index (κ1) is 13.3. The highest BCUT2D eigenvalue weighted by molar-refractivity contribution is 9.10. The molecule has 3 nitrogen and oxygen atoms in total. The first-order valence-electron chi connectivity index (χ1n) is 5.01. The van der Waals surface area contributed by atoms with Gasteiger partial charge in [0.25, 0.3) is 0 Å². The van der Waals surface area contributed by atoms with Crippen molar-refractivity contribution in [1.82, 2.24) is 4.98 Å². The van der Waals surface area contributed by atoms with E-state index in [4.69, 9.17) is 23.2 Å². The number of aromatic nitrogens is 1. The monoisotopic (exact) mass is 343 g/mol. The summed E-state index contributed by atoms with van der Waals surface area (Å²) in [7, 11) is 0. The molecule has 1 aromatic heterocycles. The van der Waals surface area contributed by atoms with Gasteiger partial charge >= 0.3 is 0 Å². The number of rotatable bonds is 3. The van der Waals surface area contributed by atoms with Crippen LogP contribution in [-0.2, 0) is 0 Å². The van der Waals surface area contributed by atoms with Gasteiger partial charge in [-0.15, -0.1) is 0 Å². The van der Waals surface area contributed by atoms with Crippen LogP contribution >= 0.6 is 39.1 Å². The predicted molar refractivity (Wildman–Crippen MR) is 79.6 cm³/mol. The lowest BCUT2D eigenvalue weighted by atomic mass is 10.3. The van der Waals surface area contributed by atoms with Crippen molar-refractivity contribution in [1.29, 1.82) is 0 Å². The van der Waals surface area contributed by atoms with Crippen LogP contribution in [0.3, 0.4) is 0 Å². The molecule has 0 atom stereocenters. The minimum absolute atomic E-state index is 0.340. The molecule has 0 fully saturated rings. The van der Waals surface area contributed by atoms with Crippen molar-refractivity contribution < 1.29 is 0 Å². The van der Waals surface area contributed by atoms with E-state index >= 15 is 0 Å². The van der Waals surface area contributed by atoms with Crippen LogP contribution in [0, 0.1) is 0 Å². The van der Waals surface area contributed by atoms with E-state index in [1.54, 1.807) is 18.3 Å². The van der Waals surface area contributed by atoms with Crippen LogP contribution in [0.4, 0.5) is 5.69 Å². The number of hydrogen-bond acceptors (Lipinski definition) is 3. The molecule has 6 heteroatoms. The van der Waals surface area contributed by atoms with Gasteiger partial charge in [0, 0.05) is 10.0 Å². The SMILES string of the molecule is Clc1cc(C=NNc2ccc(Br)cc2)cc(Cl)n1. The Bertz CT molecular complexity index is 550. The van der Waals surface area contributed by atoms with Crippen molar-refractivity contribution in [2.75, 3.05) is 5.43 Å². The lowest BCUT2D eigenvalue weighted by Crippen LogP contribution is -1.91. The average molecular weight is 345 g/mol. The third-order valence-corrected chi connectivity index (χ3v) is 2.95. The molecule has 2 rings (SSSR count). The molecule has 0 saturated carbocycles. The Morgan fingerprint density at radius 3 is 2.33 bits per heavy atom. The molecular formula is C12H8BrCl2N3. The number of hydrazone groups is 1. The highest BCUT2D eigenvalue weighted by Crippen LogP contribution is 2.15. The van der Waals surface area contributed by atoms with E-state index in [-0.39, 0.29) is 0 Å². The Kier molecular flexibility index (Phi) is 4.58. The van der Waals surface area contributed by atoms with Crippen LogP contribution < -0.4 is 5.43 Å². The summed E-state index contributed by atoms with van der Waals surface area (Å²) in [4.78, 5) is 3.85. The van der Waals surface area contributed by atoms with E-state index < -0.39 is 0 Å². The number of pyridine rings is 1. The maximum atomic E-state index is 5.78. The van der Waals surface area contributed by atoms with Crippen molar-refractivity contribution in [3.05, 3.63) is 56.7 Å². The summed E-state index contributed by atoms with van der Waals surface area (Å²) in [6.07, 6.45) is 1.63. The zero-order valence-electron chi connectivity index (χ0n) is 9.07. The smallest absolute Gasteiger partial charge is 0.131 e. The zero-order valence-corrected chi connectivity index (χ0v) is 12.2. The van der Waals surface area contributed by atoms with E-state index in [1.807, 2.05) is 24.3 Å². The standard InChI is InChI=1S/C12H8BrCl2N3/c13-9-1-3-10(4-2-9)18-16-7-8-5-11(14)17-12(15)6-8/h1-7,18H. The molecule has 0 radical (unpaired) electrons. The maximum Gasteiger partial charge on any atom is 0.131 e. The maximum absolute atomic E-state index is 5.78. The highest BCUT2D eigenvalue weighted by atomic mass is 79.9. The fourth-order valence-corrected chi connectivity index (χ4v) is 2.01. The van der Waals surface area contributed by atoms with Gasteiger partial charge in [-0.3, -0.25) is 5.43 Å².